The molecule has 0 unspecified atom stereocenters. The summed E-state index contributed by atoms with van der Waals surface area (Å²) in [5.74, 6) is 0.189. The van der Waals surface area contributed by atoms with Gasteiger partial charge in [-0.05, 0) is 17.2 Å². The van der Waals surface area contributed by atoms with Gasteiger partial charge in [-0.3, -0.25) is 4.79 Å². The average Bonchev–Trinajstić information content (AvgIpc) is 2.50. The third-order valence-electron chi connectivity index (χ3n) is 3.27. The van der Waals surface area contributed by atoms with Crippen LogP contribution < -0.4 is 4.74 Å². The summed E-state index contributed by atoms with van der Waals surface area (Å²) < 4.78 is 35.8. The molecule has 1 aromatic rings. The first kappa shape index (κ1) is 21.5. The Labute approximate surface area is 170 Å². The number of nitrogens with zero attached hydrogens (tertiary/aromatic N) is 1. The van der Waals surface area contributed by atoms with Gasteiger partial charge in [0, 0.05) is 46.2 Å². The quantitative estimate of drug-likeness (QED) is 0.489. The number of allylic oxidation sites excluding steroid dienone is 1. The molecule has 2 rings (SSSR count). The second-order valence-corrected chi connectivity index (χ2v) is 5.31. The van der Waals surface area contributed by atoms with E-state index in [1.54, 1.807) is 25.3 Å². The molecule has 0 aliphatic carbocycles. The standard InChI is InChI=1S/C16H17ClF2NO3.Y/c1-22-7-8-23-11-5-6-12(13(17)9-11)14-3-2-4-16(21)20(14)10-15(18)19;/h5-6,9,15H,2,4,7-8,10H2,1H3;/q-1;. The summed E-state index contributed by atoms with van der Waals surface area (Å²) >= 11 is 6.23. The van der Waals surface area contributed by atoms with Gasteiger partial charge in [0.05, 0.1) is 13.2 Å². The van der Waals surface area contributed by atoms with Gasteiger partial charge in [0.1, 0.15) is 12.4 Å². The molecular weight excluding hydrogens is 417 g/mol. The summed E-state index contributed by atoms with van der Waals surface area (Å²) in [4.78, 5) is 13.0. The maximum absolute atomic E-state index is 12.7. The van der Waals surface area contributed by atoms with Gasteiger partial charge < -0.3 is 14.4 Å². The predicted molar refractivity (Wildman–Crippen MR) is 82.4 cm³/mol. The fourth-order valence-corrected chi connectivity index (χ4v) is 2.50. The first-order valence-electron chi connectivity index (χ1n) is 7.14. The Morgan fingerprint density at radius 1 is 1.38 bits per heavy atom. The number of rotatable bonds is 7. The number of carbonyl (C=O) groups is 1. The van der Waals surface area contributed by atoms with Crippen LogP contribution in [0.3, 0.4) is 0 Å². The minimum atomic E-state index is -2.62. The smallest absolute Gasteiger partial charge is 0.256 e. The van der Waals surface area contributed by atoms with Crippen LogP contribution in [0.25, 0.3) is 5.70 Å². The van der Waals surface area contributed by atoms with E-state index in [-0.39, 0.29) is 45.0 Å². The Bertz CT molecular complexity index is 599. The number of benzene rings is 1. The van der Waals surface area contributed by atoms with Gasteiger partial charge in [-0.1, -0.05) is 0 Å². The molecule has 0 saturated carbocycles. The molecule has 0 aromatic heterocycles. The van der Waals surface area contributed by atoms with Crippen molar-refractivity contribution < 1.29 is 55.8 Å². The van der Waals surface area contributed by atoms with E-state index in [9.17, 15) is 13.6 Å². The summed E-state index contributed by atoms with van der Waals surface area (Å²) in [6.07, 6.45) is 0.914. The van der Waals surface area contributed by atoms with Gasteiger partial charge in [0.15, 0.2) is 0 Å². The van der Waals surface area contributed by atoms with Crippen molar-refractivity contribution in [3.05, 3.63) is 34.9 Å². The van der Waals surface area contributed by atoms with Gasteiger partial charge in [-0.15, -0.1) is 35.3 Å². The van der Waals surface area contributed by atoms with Crippen LogP contribution in [0.4, 0.5) is 8.78 Å². The van der Waals surface area contributed by atoms with Gasteiger partial charge in [-0.2, -0.15) is 0 Å². The molecule has 1 aliphatic heterocycles. The molecule has 1 aromatic carbocycles. The third-order valence-corrected chi connectivity index (χ3v) is 3.59. The molecule has 0 saturated heterocycles. The first-order valence-corrected chi connectivity index (χ1v) is 7.51. The number of halogens is 3. The molecule has 1 aliphatic rings. The van der Waals surface area contributed by atoms with Gasteiger partial charge in [-0.25, -0.2) is 14.9 Å². The summed E-state index contributed by atoms with van der Waals surface area (Å²) in [7, 11) is 1.57. The molecule has 0 spiro atoms. The zero-order chi connectivity index (χ0) is 16.8. The second-order valence-electron chi connectivity index (χ2n) is 4.90. The van der Waals surface area contributed by atoms with Crippen LogP contribution in [0.15, 0.2) is 18.2 Å². The van der Waals surface area contributed by atoms with Crippen LogP contribution in [0, 0.1) is 6.08 Å². The topological polar surface area (TPSA) is 38.8 Å². The molecule has 129 valence electrons. The first-order chi connectivity index (χ1) is 11.0. The monoisotopic (exact) mass is 433 g/mol. The van der Waals surface area contributed by atoms with E-state index in [4.69, 9.17) is 21.1 Å². The predicted octanol–water partition coefficient (Wildman–Crippen LogP) is 3.39. The number of carbonyl (C=O) groups excluding carboxylic acids is 1. The number of methoxy groups -OCH3 is 1. The van der Waals surface area contributed by atoms with Crippen LogP contribution in [-0.2, 0) is 42.2 Å². The summed E-state index contributed by atoms with van der Waals surface area (Å²) in [6.45, 7) is 0.148. The van der Waals surface area contributed by atoms with E-state index < -0.39 is 13.0 Å². The molecule has 4 nitrogen and oxygen atoms in total. The van der Waals surface area contributed by atoms with Crippen molar-refractivity contribution in [1.82, 2.24) is 4.90 Å². The van der Waals surface area contributed by atoms with Gasteiger partial charge in [0.25, 0.3) is 6.43 Å². The van der Waals surface area contributed by atoms with E-state index in [1.807, 2.05) is 0 Å². The van der Waals surface area contributed by atoms with Crippen LogP contribution in [0.2, 0.25) is 5.02 Å². The Morgan fingerprint density at radius 3 is 2.75 bits per heavy atom. The van der Waals surface area contributed by atoms with Crippen molar-refractivity contribution in [2.75, 3.05) is 26.9 Å². The maximum Gasteiger partial charge on any atom is 0.256 e. The molecule has 0 atom stereocenters. The number of ether oxygens (including phenoxy) is 2. The van der Waals surface area contributed by atoms with E-state index >= 15 is 0 Å². The van der Waals surface area contributed by atoms with Crippen molar-refractivity contribution in [1.29, 1.82) is 0 Å². The summed E-state index contributed by atoms with van der Waals surface area (Å²) in [6, 6.07) is 4.90. The maximum atomic E-state index is 12.7. The van der Waals surface area contributed by atoms with Crippen molar-refractivity contribution in [3.63, 3.8) is 0 Å². The minimum Gasteiger partial charge on any atom is -0.491 e. The molecule has 8 heteroatoms. The number of amides is 1. The Kier molecular flexibility index (Phi) is 9.35. The zero-order valence-electron chi connectivity index (χ0n) is 13.2. The molecule has 0 bridgehead atoms. The third kappa shape index (κ3) is 5.76. The van der Waals surface area contributed by atoms with Crippen LogP contribution in [-0.4, -0.2) is 44.1 Å². The van der Waals surface area contributed by atoms with Crippen LogP contribution >= 0.6 is 11.6 Å². The Morgan fingerprint density at radius 2 is 2.12 bits per heavy atom. The largest absolute Gasteiger partial charge is 0.491 e. The molecular formula is C16H17ClF2NO3Y-. The SMILES string of the molecule is COCCOc1ccc(C2=[C-]CCC(=O)N2CC(F)F)c(Cl)c1.[Y]. The van der Waals surface area contributed by atoms with Crippen molar-refractivity contribution >= 4 is 23.2 Å². The van der Waals surface area contributed by atoms with Gasteiger partial charge >= 0.3 is 0 Å². The number of hydrogen-bond acceptors (Lipinski definition) is 3. The molecule has 0 N–H and O–H groups in total. The summed E-state index contributed by atoms with van der Waals surface area (Å²) in [5.41, 5.74) is 0.787. The summed E-state index contributed by atoms with van der Waals surface area (Å²) in [5, 5.41) is 0.316. The molecule has 1 amide bonds. The van der Waals surface area contributed by atoms with E-state index in [1.165, 1.54) is 0 Å². The fraction of sp³-hybridized carbons (Fsp3) is 0.438. The molecule has 1 heterocycles. The Balaban J connectivity index is 0.00000288. The van der Waals surface area contributed by atoms with E-state index in [0.29, 0.717) is 41.7 Å². The normalized spacial score (nSPS) is 14.5. The zero-order valence-corrected chi connectivity index (χ0v) is 16.8. The number of alkyl halides is 2. The Hall–Kier alpha value is -0.556. The van der Waals surface area contributed by atoms with E-state index in [2.05, 4.69) is 6.08 Å². The minimum absolute atomic E-state index is 0. The molecule has 1 radical (unpaired) electrons. The van der Waals surface area contributed by atoms with Crippen molar-refractivity contribution in [2.45, 2.75) is 19.3 Å². The fourth-order valence-electron chi connectivity index (χ4n) is 2.24. The second kappa shape index (κ2) is 10.4. The van der Waals surface area contributed by atoms with Crippen LogP contribution in [0.5, 0.6) is 5.75 Å². The molecule has 0 fully saturated rings. The van der Waals surface area contributed by atoms with Crippen molar-refractivity contribution in [2.24, 2.45) is 0 Å². The molecule has 24 heavy (non-hydrogen) atoms. The van der Waals surface area contributed by atoms with Gasteiger partial charge in [0.2, 0.25) is 5.91 Å². The van der Waals surface area contributed by atoms with Crippen LogP contribution in [0.1, 0.15) is 18.4 Å². The van der Waals surface area contributed by atoms with Crippen molar-refractivity contribution in [3.8, 4) is 5.75 Å². The number of hydrogen-bond donors (Lipinski definition) is 0. The average molecular weight is 434 g/mol. The van der Waals surface area contributed by atoms with E-state index in [0.717, 1.165) is 4.90 Å².